The summed E-state index contributed by atoms with van der Waals surface area (Å²) in [7, 11) is 0. The summed E-state index contributed by atoms with van der Waals surface area (Å²) in [5, 5.41) is 6.90. The Hall–Kier alpha value is -1.73. The Morgan fingerprint density at radius 2 is 1.52 bits per heavy atom. The van der Waals surface area contributed by atoms with Gasteiger partial charge in [-0.2, -0.15) is 0 Å². The van der Waals surface area contributed by atoms with E-state index in [0.29, 0.717) is 6.04 Å². The van der Waals surface area contributed by atoms with E-state index >= 15 is 0 Å². The molecule has 1 unspecified atom stereocenters. The van der Waals surface area contributed by atoms with Crippen molar-refractivity contribution in [2.45, 2.75) is 44.2 Å². The van der Waals surface area contributed by atoms with Crippen LogP contribution in [0.25, 0.3) is 5.57 Å². The molecule has 0 bridgehead atoms. The number of nitrogens with one attached hydrogen (secondary N) is 1. The molecule has 0 heterocycles. The van der Waals surface area contributed by atoms with Crippen LogP contribution >= 0.6 is 12.2 Å². The van der Waals surface area contributed by atoms with Crippen molar-refractivity contribution in [1.29, 1.82) is 0 Å². The fourth-order valence-corrected chi connectivity index (χ4v) is 3.63. The van der Waals surface area contributed by atoms with Crippen molar-refractivity contribution < 1.29 is 0 Å². The maximum atomic E-state index is 5.27. The molecular formula is C21H23NS. The van der Waals surface area contributed by atoms with E-state index in [9.17, 15) is 0 Å². The molecule has 1 fully saturated rings. The van der Waals surface area contributed by atoms with Crippen molar-refractivity contribution in [3.8, 4) is 0 Å². The molecular weight excluding hydrogens is 298 g/mol. The van der Waals surface area contributed by atoms with E-state index in [2.05, 4.69) is 64.9 Å². The summed E-state index contributed by atoms with van der Waals surface area (Å²) in [5.74, 6) is 0. The van der Waals surface area contributed by atoms with Crippen molar-refractivity contribution in [3.63, 3.8) is 0 Å². The van der Waals surface area contributed by atoms with E-state index in [0.717, 1.165) is 11.1 Å². The van der Waals surface area contributed by atoms with Gasteiger partial charge in [0.05, 0.1) is 6.04 Å². The number of thiocarbonyl (C=S) groups is 1. The Bertz CT molecular complexity index is 653. The lowest BCUT2D eigenvalue weighted by Crippen LogP contribution is -2.35. The molecule has 0 aromatic heterocycles. The maximum absolute atomic E-state index is 5.27. The summed E-state index contributed by atoms with van der Waals surface area (Å²) < 4.78 is 0. The lowest BCUT2D eigenvalue weighted by Gasteiger charge is -2.29. The van der Waals surface area contributed by atoms with Crippen molar-refractivity contribution in [2.75, 3.05) is 0 Å². The number of benzene rings is 2. The highest BCUT2D eigenvalue weighted by molar-refractivity contribution is 7.78. The number of rotatable bonds is 5. The Morgan fingerprint density at radius 1 is 0.913 bits per heavy atom. The average Bonchev–Trinajstić information content (AvgIpc) is 2.64. The fraction of sp³-hybridized carbons (Fsp3) is 0.333. The predicted octanol–water partition coefficient (Wildman–Crippen LogP) is 5.33. The Kier molecular flexibility index (Phi) is 5.76. The highest BCUT2D eigenvalue weighted by Crippen LogP contribution is 2.30. The molecule has 1 aliphatic rings. The minimum atomic E-state index is 0.110. The van der Waals surface area contributed by atoms with Crippen LogP contribution in [0.5, 0.6) is 0 Å². The molecule has 2 aromatic rings. The van der Waals surface area contributed by atoms with Gasteiger partial charge < -0.3 is 5.32 Å². The first-order chi connectivity index (χ1) is 11.4. The Morgan fingerprint density at radius 3 is 2.13 bits per heavy atom. The van der Waals surface area contributed by atoms with Crippen molar-refractivity contribution in [3.05, 3.63) is 71.8 Å². The van der Waals surface area contributed by atoms with Gasteiger partial charge in [-0.3, -0.25) is 0 Å². The molecule has 1 nitrogen and oxygen atoms in total. The normalized spacial score (nSPS) is 16.5. The number of hydrogen-bond donors (Lipinski definition) is 1. The highest BCUT2D eigenvalue weighted by Gasteiger charge is 2.23. The minimum absolute atomic E-state index is 0.110. The van der Waals surface area contributed by atoms with Crippen molar-refractivity contribution in [1.82, 2.24) is 5.32 Å². The van der Waals surface area contributed by atoms with Crippen LogP contribution in [0.2, 0.25) is 0 Å². The molecule has 1 saturated carbocycles. The van der Waals surface area contributed by atoms with E-state index in [-0.39, 0.29) is 6.04 Å². The van der Waals surface area contributed by atoms with E-state index < -0.39 is 0 Å². The number of hydrogen-bond acceptors (Lipinski definition) is 2. The zero-order valence-corrected chi connectivity index (χ0v) is 14.2. The van der Waals surface area contributed by atoms with Crippen LogP contribution in [-0.4, -0.2) is 11.1 Å². The van der Waals surface area contributed by atoms with Crippen LogP contribution in [0, 0.1) is 0 Å². The summed E-state index contributed by atoms with van der Waals surface area (Å²) >= 11 is 5.27. The monoisotopic (exact) mass is 321 g/mol. The van der Waals surface area contributed by atoms with Crippen LogP contribution in [-0.2, 0) is 0 Å². The van der Waals surface area contributed by atoms with Gasteiger partial charge in [0.25, 0.3) is 0 Å². The molecule has 23 heavy (non-hydrogen) atoms. The first-order valence-electron chi connectivity index (χ1n) is 8.50. The average molecular weight is 321 g/mol. The third kappa shape index (κ3) is 4.17. The van der Waals surface area contributed by atoms with E-state index in [1.54, 1.807) is 0 Å². The Balaban J connectivity index is 1.92. The van der Waals surface area contributed by atoms with Gasteiger partial charge in [0, 0.05) is 11.6 Å². The quantitative estimate of drug-likeness (QED) is 0.747. The molecule has 0 saturated heterocycles. The largest absolute Gasteiger partial charge is 0.303 e. The van der Waals surface area contributed by atoms with Crippen LogP contribution in [0.4, 0.5) is 0 Å². The SMILES string of the molecule is S=C=C(c1ccccc1)C(NC1CCCCC1)c1ccccc1. The topological polar surface area (TPSA) is 12.0 Å². The third-order valence-corrected chi connectivity index (χ3v) is 4.84. The van der Waals surface area contributed by atoms with Crippen LogP contribution in [0.15, 0.2) is 60.7 Å². The van der Waals surface area contributed by atoms with Gasteiger partial charge in [-0.15, -0.1) is 0 Å². The smallest absolute Gasteiger partial charge is 0.0667 e. The summed E-state index contributed by atoms with van der Waals surface area (Å²) in [6.07, 6.45) is 6.51. The Labute approximate surface area is 144 Å². The van der Waals surface area contributed by atoms with Gasteiger partial charge in [-0.1, -0.05) is 79.9 Å². The van der Waals surface area contributed by atoms with Crippen LogP contribution in [0.1, 0.15) is 49.3 Å². The summed E-state index contributed by atoms with van der Waals surface area (Å²) in [4.78, 5) is 0. The van der Waals surface area contributed by atoms with Gasteiger partial charge in [0.1, 0.15) is 0 Å². The summed E-state index contributed by atoms with van der Waals surface area (Å²) in [5.41, 5.74) is 3.48. The molecule has 0 radical (unpaired) electrons. The van der Waals surface area contributed by atoms with Gasteiger partial charge in [-0.05, 0) is 41.2 Å². The van der Waals surface area contributed by atoms with Crippen molar-refractivity contribution in [2.24, 2.45) is 0 Å². The van der Waals surface area contributed by atoms with Crippen LogP contribution in [0.3, 0.4) is 0 Å². The first-order valence-corrected chi connectivity index (χ1v) is 8.90. The molecule has 2 heteroatoms. The van der Waals surface area contributed by atoms with Crippen LogP contribution < -0.4 is 5.32 Å². The second kappa shape index (κ2) is 8.21. The van der Waals surface area contributed by atoms with Crippen molar-refractivity contribution >= 4 is 22.8 Å². The van der Waals surface area contributed by atoms with Gasteiger partial charge in [0.2, 0.25) is 0 Å². The zero-order valence-electron chi connectivity index (χ0n) is 13.4. The maximum Gasteiger partial charge on any atom is 0.0667 e. The molecule has 0 amide bonds. The minimum Gasteiger partial charge on any atom is -0.303 e. The molecule has 1 atom stereocenters. The summed E-state index contributed by atoms with van der Waals surface area (Å²) in [6, 6.07) is 21.7. The lowest BCUT2D eigenvalue weighted by molar-refractivity contribution is 0.361. The lowest BCUT2D eigenvalue weighted by atomic mass is 9.90. The molecule has 2 aromatic carbocycles. The van der Waals surface area contributed by atoms with E-state index in [1.165, 1.54) is 37.7 Å². The molecule has 1 N–H and O–H groups in total. The second-order valence-corrected chi connectivity index (χ2v) is 6.43. The third-order valence-electron chi connectivity index (χ3n) is 4.62. The van der Waals surface area contributed by atoms with Gasteiger partial charge in [0.15, 0.2) is 0 Å². The molecule has 1 aliphatic carbocycles. The van der Waals surface area contributed by atoms with E-state index in [4.69, 9.17) is 12.2 Å². The first kappa shape index (κ1) is 16.1. The zero-order chi connectivity index (χ0) is 15.9. The molecule has 0 spiro atoms. The molecule has 0 aliphatic heterocycles. The molecule has 3 rings (SSSR count). The van der Waals surface area contributed by atoms with E-state index in [1.807, 2.05) is 6.07 Å². The second-order valence-electron chi connectivity index (χ2n) is 6.23. The molecule has 118 valence electrons. The standard InChI is InChI=1S/C21H23NS/c23-16-20(17-10-4-1-5-11-17)21(18-12-6-2-7-13-18)22-19-14-8-3-9-15-19/h1-2,4-7,10-13,19,21-22H,3,8-9,14-15H2. The summed E-state index contributed by atoms with van der Waals surface area (Å²) in [6.45, 7) is 0. The highest BCUT2D eigenvalue weighted by atomic mass is 32.1. The predicted molar refractivity (Wildman–Crippen MR) is 102 cm³/mol. The fourth-order valence-electron chi connectivity index (χ4n) is 3.40. The van der Waals surface area contributed by atoms with Gasteiger partial charge in [-0.25, -0.2) is 0 Å². The van der Waals surface area contributed by atoms with Gasteiger partial charge >= 0.3 is 0 Å².